The standard InChI is InChI=1S/C14H16N2O2S/c1-3-6-11(7-4-2)12-10-13(19-15-12)16-8-5-9-18-14(16)17/h3-4,6-7,10H,1,5,8-9H2,2H3/b7-4-,11-6+. The molecule has 0 spiro atoms. The summed E-state index contributed by atoms with van der Waals surface area (Å²) >= 11 is 1.31. The number of nitrogens with zero attached hydrogens (tertiary/aromatic N) is 2. The molecule has 1 aliphatic rings. The molecule has 0 radical (unpaired) electrons. The van der Waals surface area contributed by atoms with Gasteiger partial charge in [-0.2, -0.15) is 4.37 Å². The van der Waals surface area contributed by atoms with Crippen molar-refractivity contribution in [3.8, 4) is 0 Å². The predicted octanol–water partition coefficient (Wildman–Crippen LogP) is 3.64. The Morgan fingerprint density at radius 2 is 2.47 bits per heavy atom. The lowest BCUT2D eigenvalue weighted by Crippen LogP contribution is -2.37. The van der Waals surface area contributed by atoms with Crippen molar-refractivity contribution in [1.29, 1.82) is 0 Å². The van der Waals surface area contributed by atoms with E-state index < -0.39 is 0 Å². The molecule has 1 aliphatic heterocycles. The Kier molecular flexibility index (Phi) is 4.52. The van der Waals surface area contributed by atoms with E-state index in [9.17, 15) is 4.79 Å². The highest BCUT2D eigenvalue weighted by molar-refractivity contribution is 7.10. The Balaban J connectivity index is 2.24. The molecule has 1 saturated heterocycles. The minimum Gasteiger partial charge on any atom is -0.449 e. The third-order valence-electron chi connectivity index (χ3n) is 2.68. The number of hydrogen-bond donors (Lipinski definition) is 0. The first-order valence-electron chi connectivity index (χ1n) is 6.13. The van der Waals surface area contributed by atoms with Crippen LogP contribution in [-0.2, 0) is 4.74 Å². The molecule has 0 aliphatic carbocycles. The zero-order valence-electron chi connectivity index (χ0n) is 10.8. The van der Waals surface area contributed by atoms with Crippen molar-refractivity contribution in [1.82, 2.24) is 4.37 Å². The van der Waals surface area contributed by atoms with Crippen LogP contribution in [0.5, 0.6) is 0 Å². The molecule has 1 aromatic rings. The molecule has 2 rings (SSSR count). The topological polar surface area (TPSA) is 42.4 Å². The van der Waals surface area contributed by atoms with E-state index in [2.05, 4.69) is 11.0 Å². The second-order valence-electron chi connectivity index (χ2n) is 4.03. The molecule has 0 saturated carbocycles. The molecule has 19 heavy (non-hydrogen) atoms. The minimum absolute atomic E-state index is 0.290. The molecular weight excluding hydrogens is 260 g/mol. The molecule has 4 nitrogen and oxygen atoms in total. The van der Waals surface area contributed by atoms with E-state index >= 15 is 0 Å². The van der Waals surface area contributed by atoms with Crippen molar-refractivity contribution in [2.75, 3.05) is 18.1 Å². The highest BCUT2D eigenvalue weighted by Gasteiger charge is 2.23. The SMILES string of the molecule is C=C/C=C(\C=C/C)c1cc(N2CCCOC2=O)sn1. The highest BCUT2D eigenvalue weighted by atomic mass is 32.1. The summed E-state index contributed by atoms with van der Waals surface area (Å²) in [5.74, 6) is 0. The molecule has 100 valence electrons. The minimum atomic E-state index is -0.290. The third-order valence-corrected chi connectivity index (χ3v) is 3.49. The van der Waals surface area contributed by atoms with Gasteiger partial charge in [-0.3, -0.25) is 4.90 Å². The van der Waals surface area contributed by atoms with Crippen LogP contribution in [0.3, 0.4) is 0 Å². The Labute approximate surface area is 116 Å². The number of rotatable bonds is 4. The van der Waals surface area contributed by atoms with Gasteiger partial charge in [0.15, 0.2) is 0 Å². The van der Waals surface area contributed by atoms with Crippen molar-refractivity contribution in [2.24, 2.45) is 0 Å². The fourth-order valence-corrected chi connectivity index (χ4v) is 2.59. The fraction of sp³-hybridized carbons (Fsp3) is 0.286. The van der Waals surface area contributed by atoms with Crippen LogP contribution in [0, 0.1) is 0 Å². The molecule has 1 amide bonds. The first kappa shape index (κ1) is 13.5. The van der Waals surface area contributed by atoms with Crippen LogP contribution in [0.2, 0.25) is 0 Å². The Bertz CT molecular complexity index is 531. The Morgan fingerprint density at radius 1 is 1.63 bits per heavy atom. The maximum Gasteiger partial charge on any atom is 0.414 e. The molecule has 1 fully saturated rings. The van der Waals surface area contributed by atoms with E-state index in [-0.39, 0.29) is 6.09 Å². The van der Waals surface area contributed by atoms with Crippen LogP contribution in [0.1, 0.15) is 19.0 Å². The van der Waals surface area contributed by atoms with Crippen LogP contribution in [0.4, 0.5) is 9.80 Å². The molecule has 0 N–H and O–H groups in total. The number of carbonyl (C=O) groups is 1. The van der Waals surface area contributed by atoms with Gasteiger partial charge in [-0.1, -0.05) is 30.9 Å². The normalized spacial score (nSPS) is 16.8. The van der Waals surface area contributed by atoms with Gasteiger partial charge in [0, 0.05) is 18.2 Å². The largest absolute Gasteiger partial charge is 0.449 e. The van der Waals surface area contributed by atoms with Gasteiger partial charge >= 0.3 is 6.09 Å². The summed E-state index contributed by atoms with van der Waals surface area (Å²) in [6.07, 6.45) is 8.10. The van der Waals surface area contributed by atoms with Gasteiger partial charge in [0.1, 0.15) is 5.00 Å². The number of amides is 1. The molecule has 0 bridgehead atoms. The van der Waals surface area contributed by atoms with Gasteiger partial charge in [0.05, 0.1) is 12.3 Å². The maximum atomic E-state index is 11.7. The molecule has 0 unspecified atom stereocenters. The number of anilines is 1. The number of aromatic nitrogens is 1. The van der Waals surface area contributed by atoms with E-state index in [1.165, 1.54) is 11.5 Å². The first-order valence-corrected chi connectivity index (χ1v) is 6.90. The highest BCUT2D eigenvalue weighted by Crippen LogP contribution is 2.28. The number of cyclic esters (lactones) is 1. The summed E-state index contributed by atoms with van der Waals surface area (Å²) in [5.41, 5.74) is 1.82. The number of hydrogen-bond acceptors (Lipinski definition) is 4. The van der Waals surface area contributed by atoms with E-state index in [1.807, 2.05) is 31.2 Å². The van der Waals surface area contributed by atoms with Crippen LogP contribution in [-0.4, -0.2) is 23.6 Å². The summed E-state index contributed by atoms with van der Waals surface area (Å²) in [6.45, 7) is 6.83. The Morgan fingerprint density at radius 3 is 3.16 bits per heavy atom. The summed E-state index contributed by atoms with van der Waals surface area (Å²) in [7, 11) is 0. The van der Waals surface area contributed by atoms with Crippen LogP contribution in [0.25, 0.3) is 5.57 Å². The van der Waals surface area contributed by atoms with E-state index in [4.69, 9.17) is 4.74 Å². The average molecular weight is 276 g/mol. The molecule has 2 heterocycles. The lowest BCUT2D eigenvalue weighted by molar-refractivity contribution is 0.140. The van der Waals surface area contributed by atoms with Gasteiger partial charge < -0.3 is 4.74 Å². The molecule has 0 aromatic carbocycles. The van der Waals surface area contributed by atoms with Gasteiger partial charge in [-0.25, -0.2) is 4.79 Å². The van der Waals surface area contributed by atoms with Crippen molar-refractivity contribution >= 4 is 28.2 Å². The predicted molar refractivity (Wildman–Crippen MR) is 78.4 cm³/mol. The number of allylic oxidation sites excluding steroid dienone is 5. The third kappa shape index (κ3) is 3.12. The van der Waals surface area contributed by atoms with Gasteiger partial charge in [-0.05, 0) is 24.9 Å². The average Bonchev–Trinajstić information content (AvgIpc) is 2.88. The second-order valence-corrected chi connectivity index (χ2v) is 4.81. The summed E-state index contributed by atoms with van der Waals surface area (Å²) < 4.78 is 9.42. The van der Waals surface area contributed by atoms with Crippen molar-refractivity contribution in [2.45, 2.75) is 13.3 Å². The maximum absolute atomic E-state index is 11.7. The van der Waals surface area contributed by atoms with Gasteiger partial charge in [-0.15, -0.1) is 0 Å². The molecule has 5 heteroatoms. The quantitative estimate of drug-likeness (QED) is 0.788. The van der Waals surface area contributed by atoms with Crippen molar-refractivity contribution in [3.05, 3.63) is 42.6 Å². The van der Waals surface area contributed by atoms with Crippen molar-refractivity contribution in [3.63, 3.8) is 0 Å². The number of carbonyl (C=O) groups excluding carboxylic acids is 1. The van der Waals surface area contributed by atoms with Crippen LogP contribution in [0.15, 0.2) is 36.9 Å². The molecule has 0 atom stereocenters. The van der Waals surface area contributed by atoms with Crippen molar-refractivity contribution < 1.29 is 9.53 Å². The zero-order valence-corrected chi connectivity index (χ0v) is 11.7. The zero-order chi connectivity index (χ0) is 13.7. The smallest absolute Gasteiger partial charge is 0.414 e. The molecule has 1 aromatic heterocycles. The fourth-order valence-electron chi connectivity index (χ4n) is 1.81. The summed E-state index contributed by atoms with van der Waals surface area (Å²) in [5, 5.41) is 0.819. The Hall–Kier alpha value is -1.88. The van der Waals surface area contributed by atoms with Crippen LogP contribution >= 0.6 is 11.5 Å². The van der Waals surface area contributed by atoms with Gasteiger partial charge in [0.2, 0.25) is 0 Å². The summed E-state index contributed by atoms with van der Waals surface area (Å²) in [6, 6.07) is 1.91. The second kappa shape index (κ2) is 6.33. The lowest BCUT2D eigenvalue weighted by atomic mass is 10.1. The van der Waals surface area contributed by atoms with E-state index in [1.54, 1.807) is 11.0 Å². The number of ether oxygens (including phenoxy) is 1. The van der Waals surface area contributed by atoms with Gasteiger partial charge in [0.25, 0.3) is 0 Å². The molecular formula is C14H16N2O2S. The summed E-state index contributed by atoms with van der Waals surface area (Å²) in [4.78, 5) is 13.3. The first-order chi connectivity index (χ1) is 9.26. The lowest BCUT2D eigenvalue weighted by Gasteiger charge is -2.24. The van der Waals surface area contributed by atoms with E-state index in [0.717, 1.165) is 22.7 Å². The van der Waals surface area contributed by atoms with Crippen LogP contribution < -0.4 is 4.90 Å². The monoisotopic (exact) mass is 276 g/mol. The van der Waals surface area contributed by atoms with E-state index in [0.29, 0.717) is 13.2 Å².